The molecule has 1 N–H and O–H groups in total. The number of pyridine rings is 2. The van der Waals surface area contributed by atoms with Gasteiger partial charge in [0.1, 0.15) is 6.54 Å². The van der Waals surface area contributed by atoms with Crippen molar-refractivity contribution in [3.8, 4) is 0 Å². The molecule has 6 nitrogen and oxygen atoms in total. The van der Waals surface area contributed by atoms with E-state index in [0.717, 1.165) is 22.3 Å². The van der Waals surface area contributed by atoms with Gasteiger partial charge in [0.25, 0.3) is 0 Å². The molecule has 33 heavy (non-hydrogen) atoms. The van der Waals surface area contributed by atoms with E-state index < -0.39 is 5.78 Å². The first kappa shape index (κ1) is 22.1. The van der Waals surface area contributed by atoms with Gasteiger partial charge in [0.2, 0.25) is 11.3 Å². The van der Waals surface area contributed by atoms with Gasteiger partial charge >= 0.3 is 0 Å². The van der Waals surface area contributed by atoms with E-state index in [1.54, 1.807) is 22.8 Å². The molecule has 2 aromatic heterocycles. The number of hydrogen-bond donors (Lipinski definition) is 1. The smallest absolute Gasteiger partial charge is 0.244 e. The molecule has 2 aromatic carbocycles. The highest BCUT2D eigenvalue weighted by atomic mass is 16.2. The molecule has 0 aliphatic carbocycles. The quantitative estimate of drug-likeness (QED) is 0.464. The molecule has 4 aromatic rings. The highest BCUT2D eigenvalue weighted by Gasteiger charge is 2.19. The fourth-order valence-electron chi connectivity index (χ4n) is 3.78. The van der Waals surface area contributed by atoms with Crippen molar-refractivity contribution in [1.82, 2.24) is 9.55 Å². The Labute approximate surface area is 191 Å². The number of hydrogen-bond acceptors (Lipinski definition) is 4. The first-order valence-electron chi connectivity index (χ1n) is 10.7. The fourth-order valence-corrected chi connectivity index (χ4v) is 3.78. The van der Waals surface area contributed by atoms with Gasteiger partial charge in [0.05, 0.1) is 11.1 Å². The van der Waals surface area contributed by atoms with Crippen molar-refractivity contribution in [2.45, 2.75) is 34.2 Å². The summed E-state index contributed by atoms with van der Waals surface area (Å²) in [7, 11) is 0. The zero-order valence-electron chi connectivity index (χ0n) is 19.1. The average Bonchev–Trinajstić information content (AvgIpc) is 2.79. The lowest BCUT2D eigenvalue weighted by Gasteiger charge is -2.15. The topological polar surface area (TPSA) is 81.1 Å². The van der Waals surface area contributed by atoms with Gasteiger partial charge in [0.15, 0.2) is 5.78 Å². The summed E-state index contributed by atoms with van der Waals surface area (Å²) in [5.74, 6) is -0.644. The summed E-state index contributed by atoms with van der Waals surface area (Å²) in [5, 5.41) is 3.33. The molecule has 0 saturated carbocycles. The monoisotopic (exact) mass is 439 g/mol. The second kappa shape index (κ2) is 8.82. The zero-order valence-corrected chi connectivity index (χ0v) is 19.1. The van der Waals surface area contributed by atoms with Crippen molar-refractivity contribution in [3.05, 3.63) is 105 Å². The molecule has 6 heteroatoms. The Balaban J connectivity index is 1.78. The lowest BCUT2D eigenvalue weighted by Crippen LogP contribution is -2.24. The van der Waals surface area contributed by atoms with Crippen LogP contribution in [-0.2, 0) is 11.3 Å². The summed E-state index contributed by atoms with van der Waals surface area (Å²) in [6.45, 7) is 7.83. The van der Waals surface area contributed by atoms with E-state index in [4.69, 9.17) is 0 Å². The number of carbonyl (C=O) groups is 2. The lowest BCUT2D eigenvalue weighted by molar-refractivity contribution is -0.116. The largest absolute Gasteiger partial charge is 0.337 e. The number of aryl methyl sites for hydroxylation is 4. The van der Waals surface area contributed by atoms with Crippen LogP contribution in [0.5, 0.6) is 0 Å². The van der Waals surface area contributed by atoms with Crippen LogP contribution in [0.15, 0.2) is 65.8 Å². The third kappa shape index (κ3) is 4.46. The van der Waals surface area contributed by atoms with Crippen LogP contribution in [0.25, 0.3) is 10.9 Å². The molecule has 0 atom stereocenters. The molecule has 1 amide bonds. The standard InChI is InChI=1S/C27H25N3O3/c1-16-5-6-21(11-17(16)2)29-25(31)15-30-14-23(26(32)20-7-9-28-10-8-20)27(33)22-12-18(3)19(4)13-24(22)30/h5-14H,15H2,1-4H3,(H,29,31). The van der Waals surface area contributed by atoms with Gasteiger partial charge in [-0.3, -0.25) is 19.4 Å². The molecule has 4 rings (SSSR count). The normalized spacial score (nSPS) is 10.9. The van der Waals surface area contributed by atoms with Crippen LogP contribution in [0, 0.1) is 27.7 Å². The molecular formula is C27H25N3O3. The van der Waals surface area contributed by atoms with Crippen molar-refractivity contribution in [2.24, 2.45) is 0 Å². The number of anilines is 1. The van der Waals surface area contributed by atoms with Gasteiger partial charge in [0, 0.05) is 35.2 Å². The Kier molecular flexibility index (Phi) is 5.92. The minimum atomic E-state index is -0.397. The van der Waals surface area contributed by atoms with Gasteiger partial charge < -0.3 is 9.88 Å². The molecule has 0 aliphatic heterocycles. The van der Waals surface area contributed by atoms with Crippen molar-refractivity contribution in [2.75, 3.05) is 5.32 Å². The maximum absolute atomic E-state index is 13.3. The molecule has 0 spiro atoms. The fraction of sp³-hybridized carbons (Fsp3) is 0.185. The number of nitrogens with one attached hydrogen (secondary N) is 1. The molecular weight excluding hydrogens is 414 g/mol. The van der Waals surface area contributed by atoms with E-state index in [0.29, 0.717) is 22.2 Å². The van der Waals surface area contributed by atoms with Gasteiger partial charge in [-0.15, -0.1) is 0 Å². The van der Waals surface area contributed by atoms with Gasteiger partial charge in [-0.1, -0.05) is 6.07 Å². The summed E-state index contributed by atoms with van der Waals surface area (Å²) in [5.41, 5.74) is 5.53. The maximum Gasteiger partial charge on any atom is 0.244 e. The minimum Gasteiger partial charge on any atom is -0.337 e. The van der Waals surface area contributed by atoms with E-state index in [1.165, 1.54) is 18.6 Å². The Morgan fingerprint density at radius 2 is 1.55 bits per heavy atom. The first-order valence-corrected chi connectivity index (χ1v) is 10.7. The minimum absolute atomic E-state index is 0.0240. The Hall–Kier alpha value is -4.06. The number of carbonyl (C=O) groups excluding carboxylic acids is 2. The van der Waals surface area contributed by atoms with Crippen molar-refractivity contribution in [1.29, 1.82) is 0 Å². The Morgan fingerprint density at radius 3 is 2.24 bits per heavy atom. The van der Waals surface area contributed by atoms with Crippen LogP contribution >= 0.6 is 0 Å². The molecule has 0 saturated heterocycles. The average molecular weight is 440 g/mol. The third-order valence-electron chi connectivity index (χ3n) is 5.99. The van der Waals surface area contributed by atoms with E-state index in [1.807, 2.05) is 52.0 Å². The van der Waals surface area contributed by atoms with Gasteiger partial charge in [-0.05, 0) is 86.3 Å². The van der Waals surface area contributed by atoms with E-state index in [9.17, 15) is 14.4 Å². The molecule has 0 radical (unpaired) electrons. The third-order valence-corrected chi connectivity index (χ3v) is 5.99. The van der Waals surface area contributed by atoms with Crippen LogP contribution in [0.2, 0.25) is 0 Å². The van der Waals surface area contributed by atoms with Crippen LogP contribution in [0.3, 0.4) is 0 Å². The van der Waals surface area contributed by atoms with E-state index in [-0.39, 0.29) is 23.4 Å². The number of ketones is 1. The van der Waals surface area contributed by atoms with Crippen LogP contribution in [0.4, 0.5) is 5.69 Å². The predicted molar refractivity (Wildman–Crippen MR) is 130 cm³/mol. The van der Waals surface area contributed by atoms with Gasteiger partial charge in [-0.2, -0.15) is 0 Å². The van der Waals surface area contributed by atoms with Crippen molar-refractivity contribution in [3.63, 3.8) is 0 Å². The molecule has 0 aliphatic rings. The molecule has 0 unspecified atom stereocenters. The number of fused-ring (bicyclic) bond motifs is 1. The van der Waals surface area contributed by atoms with E-state index >= 15 is 0 Å². The highest BCUT2D eigenvalue weighted by Crippen LogP contribution is 2.20. The Bertz CT molecular complexity index is 1450. The molecule has 2 heterocycles. The summed E-state index contributed by atoms with van der Waals surface area (Å²) < 4.78 is 1.67. The number of nitrogens with zero attached hydrogens (tertiary/aromatic N) is 2. The van der Waals surface area contributed by atoms with E-state index in [2.05, 4.69) is 10.3 Å². The highest BCUT2D eigenvalue weighted by molar-refractivity contribution is 6.10. The zero-order chi connectivity index (χ0) is 23.7. The summed E-state index contributed by atoms with van der Waals surface area (Å²) in [6.07, 6.45) is 4.51. The van der Waals surface area contributed by atoms with Crippen molar-refractivity contribution < 1.29 is 9.59 Å². The number of aromatic nitrogens is 2. The number of benzene rings is 2. The van der Waals surface area contributed by atoms with Crippen molar-refractivity contribution >= 4 is 28.3 Å². The first-order chi connectivity index (χ1) is 15.7. The lowest BCUT2D eigenvalue weighted by atomic mass is 10.0. The second-order valence-corrected chi connectivity index (χ2v) is 8.37. The second-order valence-electron chi connectivity index (χ2n) is 8.37. The number of rotatable bonds is 5. The number of amides is 1. The van der Waals surface area contributed by atoms with Crippen LogP contribution in [0.1, 0.15) is 38.2 Å². The predicted octanol–water partition coefficient (Wildman–Crippen LogP) is 4.50. The molecule has 0 fully saturated rings. The Morgan fingerprint density at radius 1 is 0.879 bits per heavy atom. The summed E-state index contributed by atoms with van der Waals surface area (Å²) >= 11 is 0. The molecule has 0 bridgehead atoms. The maximum atomic E-state index is 13.3. The molecule has 166 valence electrons. The van der Waals surface area contributed by atoms with Gasteiger partial charge in [-0.25, -0.2) is 0 Å². The van der Waals surface area contributed by atoms with Crippen LogP contribution in [-0.4, -0.2) is 21.2 Å². The summed E-state index contributed by atoms with van der Waals surface area (Å²) in [4.78, 5) is 43.2. The summed E-state index contributed by atoms with van der Waals surface area (Å²) in [6, 6.07) is 12.5. The van der Waals surface area contributed by atoms with Crippen LogP contribution < -0.4 is 10.7 Å². The SMILES string of the molecule is Cc1ccc(NC(=O)Cn2cc(C(=O)c3ccncc3)c(=O)c3cc(C)c(C)cc32)cc1C.